The maximum atomic E-state index is 11.4. The summed E-state index contributed by atoms with van der Waals surface area (Å²) in [6.07, 6.45) is 0. The first-order valence-electron chi connectivity index (χ1n) is 4.71. The van der Waals surface area contributed by atoms with Crippen molar-refractivity contribution >= 4 is 21.9 Å². The summed E-state index contributed by atoms with van der Waals surface area (Å²) >= 11 is 3.27. The summed E-state index contributed by atoms with van der Waals surface area (Å²) in [7, 11) is 0. The number of benzene rings is 1. The lowest BCUT2D eigenvalue weighted by molar-refractivity contribution is 0.0526. The van der Waals surface area contributed by atoms with Crippen molar-refractivity contribution < 1.29 is 14.3 Å². The number of hydrogen-bond acceptors (Lipinski definition) is 3. The Labute approximate surface area is 97.5 Å². The SMILES string of the molecule is CCOC(=O)c1cccc(OC(C)Br)c1. The normalized spacial score (nSPS) is 11.9. The van der Waals surface area contributed by atoms with Crippen LogP contribution in [0.15, 0.2) is 24.3 Å². The van der Waals surface area contributed by atoms with Gasteiger partial charge in [-0.1, -0.05) is 6.07 Å². The average molecular weight is 273 g/mol. The standard InChI is InChI=1S/C11H13BrO3/c1-3-14-11(13)9-5-4-6-10(7-9)15-8(2)12/h4-8H,3H2,1-2H3. The van der Waals surface area contributed by atoms with Gasteiger partial charge in [-0.05, 0) is 48.0 Å². The van der Waals surface area contributed by atoms with Gasteiger partial charge < -0.3 is 9.47 Å². The molecular weight excluding hydrogens is 260 g/mol. The van der Waals surface area contributed by atoms with Crippen LogP contribution in [-0.4, -0.2) is 17.6 Å². The number of rotatable bonds is 4. The van der Waals surface area contributed by atoms with Gasteiger partial charge in [0.05, 0.1) is 12.2 Å². The zero-order valence-electron chi connectivity index (χ0n) is 8.70. The van der Waals surface area contributed by atoms with E-state index in [9.17, 15) is 4.79 Å². The third kappa shape index (κ3) is 3.91. The average Bonchev–Trinajstić information content (AvgIpc) is 2.17. The molecule has 0 aliphatic heterocycles. The zero-order chi connectivity index (χ0) is 11.3. The summed E-state index contributed by atoms with van der Waals surface area (Å²) in [5.74, 6) is 0.315. The molecule has 0 saturated heterocycles. The molecule has 1 aromatic carbocycles. The molecule has 0 radical (unpaired) electrons. The minimum absolute atomic E-state index is 0.0880. The van der Waals surface area contributed by atoms with Gasteiger partial charge in [-0.3, -0.25) is 0 Å². The smallest absolute Gasteiger partial charge is 0.338 e. The van der Waals surface area contributed by atoms with Crippen molar-refractivity contribution in [2.75, 3.05) is 6.61 Å². The lowest BCUT2D eigenvalue weighted by Crippen LogP contribution is -2.06. The largest absolute Gasteiger partial charge is 0.480 e. The lowest BCUT2D eigenvalue weighted by Gasteiger charge is -2.09. The van der Waals surface area contributed by atoms with E-state index in [2.05, 4.69) is 15.9 Å². The number of carbonyl (C=O) groups is 1. The Kier molecular flexibility index (Phi) is 4.62. The van der Waals surface area contributed by atoms with Crippen LogP contribution >= 0.6 is 15.9 Å². The Morgan fingerprint density at radius 3 is 2.87 bits per heavy atom. The molecule has 0 amide bonds. The van der Waals surface area contributed by atoms with E-state index in [0.717, 1.165) is 0 Å². The van der Waals surface area contributed by atoms with Crippen LogP contribution in [-0.2, 0) is 4.74 Å². The van der Waals surface area contributed by atoms with Gasteiger partial charge >= 0.3 is 5.97 Å². The third-order valence-electron chi connectivity index (χ3n) is 1.64. The van der Waals surface area contributed by atoms with Gasteiger partial charge in [0, 0.05) is 0 Å². The predicted octanol–water partition coefficient (Wildman–Crippen LogP) is 2.98. The van der Waals surface area contributed by atoms with Crippen molar-refractivity contribution in [3.63, 3.8) is 0 Å². The van der Waals surface area contributed by atoms with Gasteiger partial charge in [-0.25, -0.2) is 4.79 Å². The van der Waals surface area contributed by atoms with Crippen molar-refractivity contribution in [2.45, 2.75) is 18.9 Å². The van der Waals surface area contributed by atoms with Crippen LogP contribution in [0.3, 0.4) is 0 Å². The monoisotopic (exact) mass is 272 g/mol. The van der Waals surface area contributed by atoms with E-state index in [-0.39, 0.29) is 11.0 Å². The lowest BCUT2D eigenvalue weighted by atomic mass is 10.2. The Bertz CT molecular complexity index is 336. The minimum Gasteiger partial charge on any atom is -0.480 e. The molecule has 1 rings (SSSR count). The third-order valence-corrected chi connectivity index (χ3v) is 1.83. The topological polar surface area (TPSA) is 35.5 Å². The maximum Gasteiger partial charge on any atom is 0.338 e. The fraction of sp³-hybridized carbons (Fsp3) is 0.364. The van der Waals surface area contributed by atoms with E-state index in [1.807, 2.05) is 6.92 Å². The fourth-order valence-corrected chi connectivity index (χ4v) is 1.31. The summed E-state index contributed by atoms with van der Waals surface area (Å²) in [6, 6.07) is 6.91. The molecule has 0 heterocycles. The van der Waals surface area contributed by atoms with Crippen molar-refractivity contribution in [1.82, 2.24) is 0 Å². The van der Waals surface area contributed by atoms with E-state index in [1.54, 1.807) is 31.2 Å². The summed E-state index contributed by atoms with van der Waals surface area (Å²) in [4.78, 5) is 11.4. The number of halogens is 1. The molecule has 0 aliphatic rings. The van der Waals surface area contributed by atoms with Gasteiger partial charge in [0.2, 0.25) is 0 Å². The number of esters is 1. The van der Waals surface area contributed by atoms with Gasteiger partial charge in [0.25, 0.3) is 0 Å². The summed E-state index contributed by atoms with van der Waals surface area (Å²) in [5.41, 5.74) is 0.502. The van der Waals surface area contributed by atoms with Gasteiger partial charge in [-0.15, -0.1) is 0 Å². The maximum absolute atomic E-state index is 11.4. The predicted molar refractivity (Wildman–Crippen MR) is 61.4 cm³/mol. The molecule has 0 spiro atoms. The second kappa shape index (κ2) is 5.75. The summed E-state index contributed by atoms with van der Waals surface area (Å²) in [6.45, 7) is 4.01. The van der Waals surface area contributed by atoms with Crippen LogP contribution in [0.1, 0.15) is 24.2 Å². The molecular formula is C11H13BrO3. The molecule has 0 aliphatic carbocycles. The van der Waals surface area contributed by atoms with Crippen LogP contribution in [0, 0.1) is 0 Å². The van der Waals surface area contributed by atoms with Crippen LogP contribution in [0.5, 0.6) is 5.75 Å². The quantitative estimate of drug-likeness (QED) is 0.625. The molecule has 0 bridgehead atoms. The highest BCUT2D eigenvalue weighted by atomic mass is 79.9. The Hall–Kier alpha value is -1.03. The molecule has 1 atom stereocenters. The first-order valence-corrected chi connectivity index (χ1v) is 5.63. The van der Waals surface area contributed by atoms with E-state index in [0.29, 0.717) is 17.9 Å². The molecule has 4 heteroatoms. The minimum atomic E-state index is -0.329. The van der Waals surface area contributed by atoms with Gasteiger partial charge in [0.15, 0.2) is 5.01 Å². The zero-order valence-corrected chi connectivity index (χ0v) is 10.3. The van der Waals surface area contributed by atoms with Crippen molar-refractivity contribution in [3.05, 3.63) is 29.8 Å². The number of ether oxygens (including phenoxy) is 2. The van der Waals surface area contributed by atoms with Crippen LogP contribution < -0.4 is 4.74 Å². The Morgan fingerprint density at radius 1 is 1.53 bits per heavy atom. The van der Waals surface area contributed by atoms with E-state index in [1.165, 1.54) is 0 Å². The van der Waals surface area contributed by atoms with Crippen LogP contribution in [0.25, 0.3) is 0 Å². The number of carbonyl (C=O) groups excluding carboxylic acids is 1. The fourth-order valence-electron chi connectivity index (χ4n) is 1.10. The van der Waals surface area contributed by atoms with Crippen LogP contribution in [0.4, 0.5) is 0 Å². The van der Waals surface area contributed by atoms with Gasteiger partial charge in [0.1, 0.15) is 5.75 Å². The van der Waals surface area contributed by atoms with E-state index >= 15 is 0 Å². The first kappa shape index (κ1) is 12.0. The second-order valence-electron chi connectivity index (χ2n) is 2.91. The summed E-state index contributed by atoms with van der Waals surface area (Å²) in [5, 5.41) is -0.0880. The van der Waals surface area contributed by atoms with Gasteiger partial charge in [-0.2, -0.15) is 0 Å². The molecule has 3 nitrogen and oxygen atoms in total. The molecule has 0 fully saturated rings. The highest BCUT2D eigenvalue weighted by Crippen LogP contribution is 2.17. The highest BCUT2D eigenvalue weighted by molar-refractivity contribution is 9.09. The number of alkyl halides is 1. The molecule has 0 aromatic heterocycles. The molecule has 1 unspecified atom stereocenters. The van der Waals surface area contributed by atoms with Crippen molar-refractivity contribution in [1.29, 1.82) is 0 Å². The first-order chi connectivity index (χ1) is 7.13. The molecule has 15 heavy (non-hydrogen) atoms. The molecule has 1 aromatic rings. The molecule has 82 valence electrons. The molecule has 0 N–H and O–H groups in total. The van der Waals surface area contributed by atoms with E-state index in [4.69, 9.17) is 9.47 Å². The number of hydrogen-bond donors (Lipinski definition) is 0. The highest BCUT2D eigenvalue weighted by Gasteiger charge is 2.07. The Balaban J connectivity index is 2.78. The van der Waals surface area contributed by atoms with Crippen LogP contribution in [0.2, 0.25) is 0 Å². The Morgan fingerprint density at radius 2 is 2.27 bits per heavy atom. The van der Waals surface area contributed by atoms with Crippen molar-refractivity contribution in [2.24, 2.45) is 0 Å². The molecule has 0 saturated carbocycles. The summed E-state index contributed by atoms with van der Waals surface area (Å²) < 4.78 is 10.3. The van der Waals surface area contributed by atoms with Crippen molar-refractivity contribution in [3.8, 4) is 5.75 Å². The van der Waals surface area contributed by atoms with E-state index < -0.39 is 0 Å². The second-order valence-corrected chi connectivity index (χ2v) is 4.20.